The van der Waals surface area contributed by atoms with Crippen molar-refractivity contribution in [3.8, 4) is 11.5 Å². The Morgan fingerprint density at radius 2 is 1.50 bits per heavy atom. The van der Waals surface area contributed by atoms with E-state index in [-0.39, 0.29) is 21.3 Å². The van der Waals surface area contributed by atoms with Crippen LogP contribution < -0.4 is 9.47 Å². The molecule has 0 aliphatic rings. The number of halogens is 1. The van der Waals surface area contributed by atoms with Crippen molar-refractivity contribution in [1.82, 2.24) is 0 Å². The van der Waals surface area contributed by atoms with Gasteiger partial charge in [-0.05, 0) is 31.2 Å². The summed E-state index contributed by atoms with van der Waals surface area (Å²) in [5, 5.41) is 8.72. The Labute approximate surface area is 189 Å². The third-order valence-corrected chi connectivity index (χ3v) is 6.93. The Hall–Kier alpha value is -2.83. The highest BCUT2D eigenvalue weighted by molar-refractivity contribution is 8.13. The average molecular weight is 507 g/mol. The lowest BCUT2D eigenvalue weighted by molar-refractivity contribution is -0.145. The molecule has 0 unspecified atom stereocenters. The number of esters is 1. The first-order valence-corrected chi connectivity index (χ1v) is 12.9. The third-order valence-electron chi connectivity index (χ3n) is 3.89. The first-order chi connectivity index (χ1) is 14.9. The minimum atomic E-state index is -4.13. The third kappa shape index (κ3) is 7.70. The van der Waals surface area contributed by atoms with Crippen LogP contribution in [0.15, 0.2) is 52.3 Å². The maximum absolute atomic E-state index is 12.3. The zero-order valence-electron chi connectivity index (χ0n) is 16.7. The van der Waals surface area contributed by atoms with Gasteiger partial charge in [0.1, 0.15) is 6.61 Å². The summed E-state index contributed by atoms with van der Waals surface area (Å²) < 4.78 is 62.5. The lowest BCUT2D eigenvalue weighted by Crippen LogP contribution is -2.20. The number of carboxylic acid groups (broad SMARTS) is 1. The summed E-state index contributed by atoms with van der Waals surface area (Å²) in [6.07, 6.45) is 0. The van der Waals surface area contributed by atoms with E-state index in [1.807, 2.05) is 6.92 Å². The molecule has 0 saturated heterocycles. The van der Waals surface area contributed by atoms with E-state index >= 15 is 0 Å². The molecule has 0 atom stereocenters. The number of rotatable bonds is 11. The van der Waals surface area contributed by atoms with Gasteiger partial charge in [-0.2, -0.15) is 0 Å². The van der Waals surface area contributed by atoms with Crippen molar-refractivity contribution in [2.24, 2.45) is 0 Å². The fourth-order valence-electron chi connectivity index (χ4n) is 2.32. The van der Waals surface area contributed by atoms with Gasteiger partial charge in [0.15, 0.2) is 34.6 Å². The van der Waals surface area contributed by atoms with E-state index in [0.29, 0.717) is 0 Å². The molecule has 10 nitrogen and oxygen atoms in total. The second-order valence-corrected chi connectivity index (χ2v) is 11.0. The van der Waals surface area contributed by atoms with E-state index in [9.17, 15) is 26.4 Å². The lowest BCUT2D eigenvalue weighted by atomic mass is 10.2. The largest absolute Gasteiger partial charge is 0.479 e. The number of hydrogen-bond acceptors (Lipinski definition) is 9. The molecule has 0 fully saturated rings. The van der Waals surface area contributed by atoms with Crippen LogP contribution >= 0.6 is 10.7 Å². The molecule has 0 aliphatic heterocycles. The van der Waals surface area contributed by atoms with Crippen molar-refractivity contribution in [3.63, 3.8) is 0 Å². The summed E-state index contributed by atoms with van der Waals surface area (Å²) in [6, 6.07) is 9.33. The maximum Gasteiger partial charge on any atom is 0.344 e. The van der Waals surface area contributed by atoms with E-state index in [1.165, 1.54) is 12.1 Å². The fourth-order valence-corrected chi connectivity index (χ4v) is 4.17. The summed E-state index contributed by atoms with van der Waals surface area (Å²) in [4.78, 5) is 22.3. The molecule has 1 N–H and O–H groups in total. The van der Waals surface area contributed by atoms with Gasteiger partial charge in [0, 0.05) is 16.7 Å². The van der Waals surface area contributed by atoms with Crippen LogP contribution in [0.25, 0.3) is 0 Å². The first kappa shape index (κ1) is 25.4. The monoisotopic (exact) mass is 506 g/mol. The Bertz CT molecular complexity index is 1190. The standard InChI is InChI=1S/C19H19ClO10S2/c1-13-2-4-14(5-3-13)31(24,25)9-8-28-19(23)12-30-17-10-15(32(20,26)27)6-7-16(17)29-11-18(21)22/h2-7,10H,8-9,11-12H2,1H3,(H,21,22). The molecule has 13 heteroatoms. The predicted molar refractivity (Wildman–Crippen MR) is 112 cm³/mol. The van der Waals surface area contributed by atoms with E-state index < -0.39 is 56.4 Å². The Morgan fingerprint density at radius 3 is 2.09 bits per heavy atom. The van der Waals surface area contributed by atoms with Gasteiger partial charge in [0.2, 0.25) is 0 Å². The number of carboxylic acids is 1. The molecule has 0 heterocycles. The van der Waals surface area contributed by atoms with Crippen LogP contribution in [-0.4, -0.2) is 59.5 Å². The molecule has 0 amide bonds. The smallest absolute Gasteiger partial charge is 0.344 e. The van der Waals surface area contributed by atoms with E-state index in [1.54, 1.807) is 12.1 Å². The molecular weight excluding hydrogens is 488 g/mol. The summed E-state index contributed by atoms with van der Waals surface area (Å²) in [6.45, 7) is -0.0874. The van der Waals surface area contributed by atoms with Crippen molar-refractivity contribution in [3.05, 3.63) is 48.0 Å². The van der Waals surface area contributed by atoms with Crippen LogP contribution in [0.1, 0.15) is 5.56 Å². The lowest BCUT2D eigenvalue weighted by Gasteiger charge is -2.12. The molecule has 0 radical (unpaired) electrons. The fraction of sp³-hybridized carbons (Fsp3) is 0.263. The molecule has 0 aliphatic carbocycles. The van der Waals surface area contributed by atoms with E-state index in [4.69, 9.17) is 30.0 Å². The number of benzene rings is 2. The van der Waals surface area contributed by atoms with Gasteiger partial charge in [-0.3, -0.25) is 0 Å². The van der Waals surface area contributed by atoms with Crippen LogP contribution in [0.3, 0.4) is 0 Å². The zero-order valence-corrected chi connectivity index (χ0v) is 19.1. The van der Waals surface area contributed by atoms with Crippen molar-refractivity contribution in [1.29, 1.82) is 0 Å². The Morgan fingerprint density at radius 1 is 0.906 bits per heavy atom. The Kier molecular flexibility index (Phi) is 8.47. The number of aryl methyl sites for hydroxylation is 1. The normalized spacial score (nSPS) is 11.6. The average Bonchev–Trinajstić information content (AvgIpc) is 2.70. The predicted octanol–water partition coefficient (Wildman–Crippen LogP) is 1.78. The molecule has 0 spiro atoms. The van der Waals surface area contributed by atoms with Crippen LogP contribution in [0.5, 0.6) is 11.5 Å². The minimum Gasteiger partial charge on any atom is -0.479 e. The van der Waals surface area contributed by atoms with Gasteiger partial charge in [-0.25, -0.2) is 26.4 Å². The van der Waals surface area contributed by atoms with Crippen LogP contribution in [0.4, 0.5) is 0 Å². The summed E-state index contributed by atoms with van der Waals surface area (Å²) in [5.74, 6) is -3.09. The maximum atomic E-state index is 12.3. The van der Waals surface area contributed by atoms with Gasteiger partial charge in [-0.1, -0.05) is 17.7 Å². The molecule has 0 saturated carbocycles. The summed E-state index contributed by atoms with van der Waals surface area (Å²) in [7, 11) is -2.52. The molecule has 0 bridgehead atoms. The molecule has 2 aromatic carbocycles. The number of hydrogen-bond donors (Lipinski definition) is 1. The first-order valence-electron chi connectivity index (χ1n) is 8.89. The number of sulfone groups is 1. The molecule has 32 heavy (non-hydrogen) atoms. The van der Waals surface area contributed by atoms with Gasteiger partial charge < -0.3 is 19.3 Å². The molecule has 174 valence electrons. The molecule has 0 aromatic heterocycles. The van der Waals surface area contributed by atoms with Crippen LogP contribution in [-0.2, 0) is 33.2 Å². The summed E-state index contributed by atoms with van der Waals surface area (Å²) in [5.41, 5.74) is 0.894. The van der Waals surface area contributed by atoms with Gasteiger partial charge in [0.25, 0.3) is 9.05 Å². The van der Waals surface area contributed by atoms with Crippen molar-refractivity contribution in [2.75, 3.05) is 25.6 Å². The minimum absolute atomic E-state index is 0.0923. The van der Waals surface area contributed by atoms with Crippen molar-refractivity contribution >= 4 is 41.5 Å². The van der Waals surface area contributed by atoms with E-state index in [0.717, 1.165) is 23.8 Å². The highest BCUT2D eigenvalue weighted by Gasteiger charge is 2.18. The molecule has 2 aromatic rings. The second kappa shape index (κ2) is 10.7. The highest BCUT2D eigenvalue weighted by atomic mass is 35.7. The molecule has 2 rings (SSSR count). The van der Waals surface area contributed by atoms with E-state index in [2.05, 4.69) is 0 Å². The summed E-state index contributed by atoms with van der Waals surface area (Å²) >= 11 is 0. The number of carbonyl (C=O) groups excluding carboxylic acids is 1. The highest BCUT2D eigenvalue weighted by Crippen LogP contribution is 2.31. The number of ether oxygens (including phenoxy) is 3. The van der Waals surface area contributed by atoms with Gasteiger partial charge >= 0.3 is 11.9 Å². The second-order valence-electron chi connectivity index (χ2n) is 6.37. The SMILES string of the molecule is Cc1ccc(S(=O)(=O)CCOC(=O)COc2cc(S(=O)(=O)Cl)ccc2OCC(=O)O)cc1. The van der Waals surface area contributed by atoms with Crippen LogP contribution in [0.2, 0.25) is 0 Å². The van der Waals surface area contributed by atoms with Crippen molar-refractivity contribution in [2.45, 2.75) is 16.7 Å². The van der Waals surface area contributed by atoms with Gasteiger partial charge in [0.05, 0.1) is 15.5 Å². The van der Waals surface area contributed by atoms with Gasteiger partial charge in [-0.15, -0.1) is 0 Å². The Balaban J connectivity index is 1.98. The number of aliphatic carboxylic acids is 1. The topological polar surface area (TPSA) is 150 Å². The quantitative estimate of drug-likeness (QED) is 0.352. The number of carbonyl (C=O) groups is 2. The zero-order chi connectivity index (χ0) is 23.9. The van der Waals surface area contributed by atoms with Crippen LogP contribution in [0, 0.1) is 6.92 Å². The molecular formula is C19H19ClO10S2. The van der Waals surface area contributed by atoms with Crippen molar-refractivity contribution < 1.29 is 45.7 Å².